The summed E-state index contributed by atoms with van der Waals surface area (Å²) in [4.78, 5) is 11.9. The number of carbonyl (C=O) groups excluding carboxylic acids is 1. The number of carbonyl (C=O) groups is 1. The van der Waals surface area contributed by atoms with Crippen LogP contribution >= 0.6 is 0 Å². The van der Waals surface area contributed by atoms with E-state index in [0.717, 1.165) is 31.7 Å². The molecule has 0 spiro atoms. The standard InChI is InChI=1S/C22H26F4N4O/c1-21(2)8-7-14-17(11-21)30(29-19(14)22(24,25)26)13-9-15(23)18(20(27)31)16(10-13)28-12-5-3-4-6-12/h9-10,12,28H,3-8,11H2,1-2H3,(H2,27,31). The van der Waals surface area contributed by atoms with Crippen molar-refractivity contribution in [3.05, 3.63) is 40.5 Å². The van der Waals surface area contributed by atoms with Crippen LogP contribution in [0.4, 0.5) is 23.2 Å². The Labute approximate surface area is 178 Å². The lowest BCUT2D eigenvalue weighted by Crippen LogP contribution is -2.25. The minimum Gasteiger partial charge on any atom is -0.382 e. The van der Waals surface area contributed by atoms with E-state index in [2.05, 4.69) is 10.4 Å². The number of nitrogens with one attached hydrogen (secondary N) is 1. The number of nitrogens with zero attached hydrogens (tertiary/aromatic N) is 2. The summed E-state index contributed by atoms with van der Waals surface area (Å²) in [7, 11) is 0. The Morgan fingerprint density at radius 2 is 1.94 bits per heavy atom. The van der Waals surface area contributed by atoms with Gasteiger partial charge in [-0.25, -0.2) is 9.07 Å². The Balaban J connectivity index is 1.87. The zero-order valence-corrected chi connectivity index (χ0v) is 17.6. The van der Waals surface area contributed by atoms with E-state index in [9.17, 15) is 22.4 Å². The van der Waals surface area contributed by atoms with Crippen molar-refractivity contribution >= 4 is 11.6 Å². The van der Waals surface area contributed by atoms with Gasteiger partial charge >= 0.3 is 6.18 Å². The smallest absolute Gasteiger partial charge is 0.382 e. The summed E-state index contributed by atoms with van der Waals surface area (Å²) in [5, 5.41) is 7.04. The van der Waals surface area contributed by atoms with Crippen molar-refractivity contribution in [2.75, 3.05) is 5.32 Å². The van der Waals surface area contributed by atoms with Gasteiger partial charge in [0.15, 0.2) is 5.69 Å². The van der Waals surface area contributed by atoms with E-state index in [1.54, 1.807) is 0 Å². The summed E-state index contributed by atoms with van der Waals surface area (Å²) in [6.45, 7) is 3.98. The van der Waals surface area contributed by atoms with E-state index in [1.165, 1.54) is 10.7 Å². The van der Waals surface area contributed by atoms with Gasteiger partial charge in [-0.3, -0.25) is 4.79 Å². The van der Waals surface area contributed by atoms with Crippen molar-refractivity contribution in [2.45, 2.75) is 71.0 Å². The monoisotopic (exact) mass is 438 g/mol. The number of aromatic nitrogens is 2. The highest BCUT2D eigenvalue weighted by molar-refractivity contribution is 5.99. The molecule has 5 nitrogen and oxygen atoms in total. The van der Waals surface area contributed by atoms with Gasteiger partial charge in [0, 0.05) is 23.4 Å². The maximum absolute atomic E-state index is 14.9. The number of alkyl halides is 3. The first-order chi connectivity index (χ1) is 14.5. The average Bonchev–Trinajstić information content (AvgIpc) is 3.27. The molecule has 9 heteroatoms. The Morgan fingerprint density at radius 3 is 2.55 bits per heavy atom. The molecule has 2 aliphatic rings. The Hall–Kier alpha value is -2.58. The molecule has 1 aromatic carbocycles. The molecule has 2 aliphatic carbocycles. The lowest BCUT2D eigenvalue weighted by molar-refractivity contribution is -0.142. The Kier molecular flexibility index (Phi) is 5.26. The maximum atomic E-state index is 14.9. The number of hydrogen-bond donors (Lipinski definition) is 2. The zero-order chi connectivity index (χ0) is 22.6. The van der Waals surface area contributed by atoms with Gasteiger partial charge in [0.25, 0.3) is 5.91 Å². The highest BCUT2D eigenvalue weighted by Gasteiger charge is 2.42. The number of nitrogens with two attached hydrogens (primary N) is 1. The van der Waals surface area contributed by atoms with Gasteiger partial charge in [0.1, 0.15) is 5.82 Å². The van der Waals surface area contributed by atoms with E-state index < -0.39 is 23.6 Å². The molecule has 0 unspecified atom stereocenters. The molecule has 4 rings (SSSR count). The van der Waals surface area contributed by atoms with Crippen LogP contribution < -0.4 is 11.1 Å². The normalized spacial score (nSPS) is 18.8. The van der Waals surface area contributed by atoms with Crippen molar-refractivity contribution < 1.29 is 22.4 Å². The fourth-order valence-electron chi connectivity index (χ4n) is 4.74. The van der Waals surface area contributed by atoms with Crippen molar-refractivity contribution in [1.29, 1.82) is 0 Å². The van der Waals surface area contributed by atoms with Crippen molar-refractivity contribution in [3.8, 4) is 5.69 Å². The molecule has 3 N–H and O–H groups in total. The zero-order valence-electron chi connectivity index (χ0n) is 17.6. The van der Waals surface area contributed by atoms with Gasteiger partial charge in [-0.05, 0) is 43.6 Å². The van der Waals surface area contributed by atoms with Crippen LogP contribution in [0.25, 0.3) is 5.69 Å². The van der Waals surface area contributed by atoms with Gasteiger partial charge in [0.05, 0.1) is 16.9 Å². The Morgan fingerprint density at radius 1 is 1.26 bits per heavy atom. The van der Waals surface area contributed by atoms with Crippen LogP contribution in [0.5, 0.6) is 0 Å². The molecule has 0 radical (unpaired) electrons. The number of hydrogen-bond acceptors (Lipinski definition) is 3. The summed E-state index contributed by atoms with van der Waals surface area (Å²) < 4.78 is 57.1. The van der Waals surface area contributed by atoms with E-state index in [-0.39, 0.29) is 40.4 Å². The average molecular weight is 438 g/mol. The summed E-state index contributed by atoms with van der Waals surface area (Å²) in [6, 6.07) is 2.58. The molecule has 1 amide bonds. The van der Waals surface area contributed by atoms with Gasteiger partial charge in [-0.15, -0.1) is 0 Å². The molecule has 1 fully saturated rings. The number of halogens is 4. The van der Waals surface area contributed by atoms with Gasteiger partial charge in [-0.2, -0.15) is 18.3 Å². The summed E-state index contributed by atoms with van der Waals surface area (Å²) in [6.07, 6.45) is 0.417. The molecule has 168 valence electrons. The second kappa shape index (κ2) is 7.53. The SMILES string of the molecule is CC1(C)CCc2c(C(F)(F)F)nn(-c3cc(F)c(C(N)=O)c(NC4CCCC4)c3)c2C1. The van der Waals surface area contributed by atoms with Crippen molar-refractivity contribution in [3.63, 3.8) is 0 Å². The van der Waals surface area contributed by atoms with E-state index in [4.69, 9.17) is 5.73 Å². The van der Waals surface area contributed by atoms with Gasteiger partial charge in [0.2, 0.25) is 0 Å². The number of primary amides is 1. The fourth-order valence-corrected chi connectivity index (χ4v) is 4.74. The minimum absolute atomic E-state index is 0.0592. The highest BCUT2D eigenvalue weighted by Crippen LogP contribution is 2.42. The number of amides is 1. The number of benzene rings is 1. The van der Waals surface area contributed by atoms with E-state index in [0.29, 0.717) is 18.5 Å². The van der Waals surface area contributed by atoms with Crippen LogP contribution in [0.3, 0.4) is 0 Å². The van der Waals surface area contributed by atoms with E-state index in [1.807, 2.05) is 13.8 Å². The minimum atomic E-state index is -4.60. The molecule has 1 heterocycles. The largest absolute Gasteiger partial charge is 0.435 e. The second-order valence-corrected chi connectivity index (χ2v) is 9.36. The van der Waals surface area contributed by atoms with Crippen LogP contribution in [0.15, 0.2) is 12.1 Å². The lowest BCUT2D eigenvalue weighted by atomic mass is 9.76. The van der Waals surface area contributed by atoms with Gasteiger partial charge < -0.3 is 11.1 Å². The molecular formula is C22H26F4N4O. The van der Waals surface area contributed by atoms with Crippen LogP contribution in [0.1, 0.15) is 73.3 Å². The van der Waals surface area contributed by atoms with Crippen LogP contribution in [-0.4, -0.2) is 21.7 Å². The molecule has 31 heavy (non-hydrogen) atoms. The van der Waals surface area contributed by atoms with Crippen molar-refractivity contribution in [1.82, 2.24) is 9.78 Å². The highest BCUT2D eigenvalue weighted by atomic mass is 19.4. The number of anilines is 1. The number of fused-ring (bicyclic) bond motifs is 1. The summed E-state index contributed by atoms with van der Waals surface area (Å²) in [5.74, 6) is -1.80. The third kappa shape index (κ3) is 4.14. The summed E-state index contributed by atoms with van der Waals surface area (Å²) >= 11 is 0. The fraction of sp³-hybridized carbons (Fsp3) is 0.545. The second-order valence-electron chi connectivity index (χ2n) is 9.36. The molecule has 0 aliphatic heterocycles. The molecule has 0 saturated heterocycles. The molecule has 0 atom stereocenters. The van der Waals surface area contributed by atoms with E-state index >= 15 is 0 Å². The molecule has 1 saturated carbocycles. The lowest BCUT2D eigenvalue weighted by Gasteiger charge is -2.30. The van der Waals surface area contributed by atoms with Crippen LogP contribution in [-0.2, 0) is 19.0 Å². The van der Waals surface area contributed by atoms with Gasteiger partial charge in [-0.1, -0.05) is 26.7 Å². The maximum Gasteiger partial charge on any atom is 0.435 e. The first kappa shape index (κ1) is 21.6. The predicted molar refractivity (Wildman–Crippen MR) is 109 cm³/mol. The van der Waals surface area contributed by atoms with Crippen LogP contribution in [0, 0.1) is 11.2 Å². The predicted octanol–water partition coefficient (Wildman–Crippen LogP) is 5.00. The molecule has 0 bridgehead atoms. The summed E-state index contributed by atoms with van der Waals surface area (Å²) in [5.41, 5.74) is 4.92. The Bertz CT molecular complexity index is 1020. The van der Waals surface area contributed by atoms with Crippen molar-refractivity contribution in [2.24, 2.45) is 11.1 Å². The number of rotatable bonds is 4. The molecular weight excluding hydrogens is 412 g/mol. The first-order valence-electron chi connectivity index (χ1n) is 10.5. The third-order valence-electron chi connectivity index (χ3n) is 6.34. The third-order valence-corrected chi connectivity index (χ3v) is 6.34. The van der Waals surface area contributed by atoms with Crippen LogP contribution in [0.2, 0.25) is 0 Å². The topological polar surface area (TPSA) is 72.9 Å². The molecule has 2 aromatic rings. The first-order valence-corrected chi connectivity index (χ1v) is 10.5. The molecule has 1 aromatic heterocycles. The quantitative estimate of drug-likeness (QED) is 0.660.